The monoisotopic (exact) mass is 267 g/mol. The lowest BCUT2D eigenvalue weighted by Crippen LogP contribution is -2.31. The van der Waals surface area contributed by atoms with E-state index in [2.05, 4.69) is 5.16 Å². The number of ketones is 1. The molecule has 0 aliphatic carbocycles. The van der Waals surface area contributed by atoms with Gasteiger partial charge in [-0.25, -0.2) is 0 Å². The Morgan fingerprint density at radius 3 is 2.28 bits per heavy atom. The van der Waals surface area contributed by atoms with Gasteiger partial charge < -0.3 is 9.94 Å². The predicted molar refractivity (Wildman–Crippen MR) is 68.2 cm³/mol. The van der Waals surface area contributed by atoms with Crippen LogP contribution < -0.4 is 0 Å². The molecule has 96 valence electrons. The molecule has 1 saturated heterocycles. The molecule has 0 unspecified atom stereocenters. The number of rotatable bonds is 1. The highest BCUT2D eigenvalue weighted by Crippen LogP contribution is 2.40. The zero-order valence-electron chi connectivity index (χ0n) is 10.4. The van der Waals surface area contributed by atoms with E-state index in [1.165, 1.54) is 0 Å². The van der Waals surface area contributed by atoms with Gasteiger partial charge in [0.15, 0.2) is 5.71 Å². The first-order valence-electron chi connectivity index (χ1n) is 5.55. The van der Waals surface area contributed by atoms with Gasteiger partial charge in [-0.05, 0) is 38.5 Å². The van der Waals surface area contributed by atoms with E-state index in [1.54, 1.807) is 45.0 Å². The van der Waals surface area contributed by atoms with Crippen LogP contribution in [0.2, 0.25) is 5.02 Å². The fourth-order valence-electron chi connectivity index (χ4n) is 2.21. The lowest BCUT2D eigenvalue weighted by Gasteiger charge is -2.26. The van der Waals surface area contributed by atoms with Crippen molar-refractivity contribution in [2.75, 3.05) is 0 Å². The highest BCUT2D eigenvalue weighted by molar-refractivity contribution is 6.46. The molecule has 0 aromatic heterocycles. The molecule has 4 nitrogen and oxygen atoms in total. The van der Waals surface area contributed by atoms with E-state index in [4.69, 9.17) is 21.5 Å². The van der Waals surface area contributed by atoms with Crippen LogP contribution in [0.4, 0.5) is 0 Å². The standard InChI is InChI=1S/C13H14ClNO3/c1-12(2)11(16)10(15-17)13(3,18-12)8-4-6-9(14)7-5-8/h4-7,17H,1-3H3/b15-10+/t13-/m0/s1. The molecule has 5 heteroatoms. The van der Waals surface area contributed by atoms with Gasteiger partial charge in [-0.1, -0.05) is 28.9 Å². The zero-order chi connectivity index (χ0) is 13.6. The predicted octanol–water partition coefficient (Wildman–Crippen LogP) is 2.76. The maximum absolute atomic E-state index is 12.1. The molecule has 1 aliphatic heterocycles. The fraction of sp³-hybridized carbons (Fsp3) is 0.385. The summed E-state index contributed by atoms with van der Waals surface area (Å²) >= 11 is 5.83. The average molecular weight is 268 g/mol. The molecule has 0 spiro atoms. The second-order valence-electron chi connectivity index (χ2n) is 4.93. The van der Waals surface area contributed by atoms with Gasteiger partial charge in [0.2, 0.25) is 5.78 Å². The summed E-state index contributed by atoms with van der Waals surface area (Å²) in [7, 11) is 0. The molecule has 1 aromatic rings. The smallest absolute Gasteiger partial charge is 0.214 e. The van der Waals surface area contributed by atoms with Gasteiger partial charge in [0.05, 0.1) is 0 Å². The maximum atomic E-state index is 12.1. The summed E-state index contributed by atoms with van der Waals surface area (Å²) in [5, 5.41) is 12.8. The van der Waals surface area contributed by atoms with E-state index >= 15 is 0 Å². The second-order valence-corrected chi connectivity index (χ2v) is 5.37. The van der Waals surface area contributed by atoms with Crippen LogP contribution in [0, 0.1) is 0 Å². The number of hydrogen-bond acceptors (Lipinski definition) is 4. The van der Waals surface area contributed by atoms with Crippen molar-refractivity contribution in [3.05, 3.63) is 34.9 Å². The minimum atomic E-state index is -1.06. The number of ether oxygens (including phenoxy) is 1. The first-order valence-corrected chi connectivity index (χ1v) is 5.92. The summed E-state index contributed by atoms with van der Waals surface area (Å²) in [6, 6.07) is 6.91. The van der Waals surface area contributed by atoms with Gasteiger partial charge in [0, 0.05) is 5.02 Å². The average Bonchev–Trinajstić information content (AvgIpc) is 2.47. The van der Waals surface area contributed by atoms with Crippen molar-refractivity contribution in [3.63, 3.8) is 0 Å². The van der Waals surface area contributed by atoms with E-state index in [9.17, 15) is 4.79 Å². The lowest BCUT2D eigenvalue weighted by atomic mass is 9.89. The molecule has 1 aliphatic rings. The van der Waals surface area contributed by atoms with Gasteiger partial charge in [0.1, 0.15) is 11.2 Å². The summed E-state index contributed by atoms with van der Waals surface area (Å²) in [5.41, 5.74) is -1.33. The number of oxime groups is 1. The van der Waals surface area contributed by atoms with Crippen molar-refractivity contribution in [3.8, 4) is 0 Å². The highest BCUT2D eigenvalue weighted by Gasteiger charge is 2.55. The van der Waals surface area contributed by atoms with Crippen molar-refractivity contribution >= 4 is 23.1 Å². The fourth-order valence-corrected chi connectivity index (χ4v) is 2.34. The minimum Gasteiger partial charge on any atom is -0.410 e. The number of carbonyl (C=O) groups is 1. The van der Waals surface area contributed by atoms with E-state index in [0.717, 1.165) is 5.56 Å². The molecule has 0 radical (unpaired) electrons. The Morgan fingerprint density at radius 1 is 1.22 bits per heavy atom. The van der Waals surface area contributed by atoms with E-state index < -0.39 is 11.2 Å². The molecule has 1 fully saturated rings. The molecule has 0 amide bonds. The van der Waals surface area contributed by atoms with Crippen molar-refractivity contribution < 1.29 is 14.7 Å². The summed E-state index contributed by atoms with van der Waals surface area (Å²) in [5.74, 6) is -0.317. The summed E-state index contributed by atoms with van der Waals surface area (Å²) in [6.45, 7) is 5.02. The Morgan fingerprint density at radius 2 is 1.78 bits per heavy atom. The number of carbonyl (C=O) groups excluding carboxylic acids is 1. The first-order chi connectivity index (χ1) is 8.31. The molecule has 0 bridgehead atoms. The Kier molecular flexibility index (Phi) is 2.95. The molecular formula is C13H14ClNO3. The molecule has 1 heterocycles. The van der Waals surface area contributed by atoms with Crippen LogP contribution in [-0.2, 0) is 15.1 Å². The Balaban J connectivity index is 2.54. The molecule has 0 saturated carbocycles. The Bertz CT molecular complexity index is 522. The highest BCUT2D eigenvalue weighted by atomic mass is 35.5. The zero-order valence-corrected chi connectivity index (χ0v) is 11.2. The van der Waals surface area contributed by atoms with Crippen LogP contribution in [0.25, 0.3) is 0 Å². The van der Waals surface area contributed by atoms with E-state index in [-0.39, 0.29) is 11.5 Å². The minimum absolute atomic E-state index is 0.00909. The van der Waals surface area contributed by atoms with Crippen LogP contribution in [0.15, 0.2) is 29.4 Å². The van der Waals surface area contributed by atoms with Crippen molar-refractivity contribution in [1.29, 1.82) is 0 Å². The molecule has 1 aromatic carbocycles. The molecular weight excluding hydrogens is 254 g/mol. The second kappa shape index (κ2) is 4.07. The third-order valence-electron chi connectivity index (χ3n) is 3.17. The quantitative estimate of drug-likeness (QED) is 0.629. The van der Waals surface area contributed by atoms with Crippen molar-refractivity contribution in [2.24, 2.45) is 5.16 Å². The largest absolute Gasteiger partial charge is 0.410 e. The number of benzene rings is 1. The van der Waals surface area contributed by atoms with Gasteiger partial charge in [-0.15, -0.1) is 0 Å². The van der Waals surface area contributed by atoms with Crippen LogP contribution in [0.1, 0.15) is 26.3 Å². The molecule has 2 rings (SSSR count). The normalized spacial score (nSPS) is 28.9. The Hall–Kier alpha value is -1.39. The van der Waals surface area contributed by atoms with Crippen molar-refractivity contribution in [1.82, 2.24) is 0 Å². The molecule has 1 atom stereocenters. The summed E-state index contributed by atoms with van der Waals surface area (Å²) in [4.78, 5) is 12.1. The third kappa shape index (κ3) is 1.82. The van der Waals surface area contributed by atoms with Crippen LogP contribution in [-0.4, -0.2) is 22.3 Å². The number of halogens is 1. The van der Waals surface area contributed by atoms with Crippen LogP contribution in [0.5, 0.6) is 0 Å². The first kappa shape index (κ1) is 13.1. The van der Waals surface area contributed by atoms with Gasteiger partial charge in [-0.3, -0.25) is 4.79 Å². The Labute approximate surface area is 110 Å². The maximum Gasteiger partial charge on any atom is 0.214 e. The van der Waals surface area contributed by atoms with Gasteiger partial charge >= 0.3 is 0 Å². The summed E-state index contributed by atoms with van der Waals surface area (Å²) < 4.78 is 5.79. The topological polar surface area (TPSA) is 58.9 Å². The van der Waals surface area contributed by atoms with Gasteiger partial charge in [-0.2, -0.15) is 0 Å². The third-order valence-corrected chi connectivity index (χ3v) is 3.42. The van der Waals surface area contributed by atoms with Crippen molar-refractivity contribution in [2.45, 2.75) is 32.0 Å². The number of Topliss-reactive ketones (excluding diaryl/α,β-unsaturated/α-hetero) is 1. The molecule has 1 N–H and O–H groups in total. The summed E-state index contributed by atoms with van der Waals surface area (Å²) in [6.07, 6.45) is 0. The van der Waals surface area contributed by atoms with Crippen LogP contribution in [0.3, 0.4) is 0 Å². The number of hydrogen-bond donors (Lipinski definition) is 1. The van der Waals surface area contributed by atoms with E-state index in [1.807, 2.05) is 0 Å². The lowest BCUT2D eigenvalue weighted by molar-refractivity contribution is -0.133. The van der Waals surface area contributed by atoms with Crippen LogP contribution >= 0.6 is 11.6 Å². The van der Waals surface area contributed by atoms with E-state index in [0.29, 0.717) is 5.02 Å². The van der Waals surface area contributed by atoms with Gasteiger partial charge in [0.25, 0.3) is 0 Å². The number of nitrogens with zero attached hydrogens (tertiary/aromatic N) is 1. The SMILES string of the molecule is CC1(C)O[C@@](C)(c2ccc(Cl)cc2)/C(=N/O)C1=O. The molecule has 18 heavy (non-hydrogen) atoms.